The summed E-state index contributed by atoms with van der Waals surface area (Å²) in [5.41, 5.74) is 1.82. The van der Waals surface area contributed by atoms with E-state index in [0.29, 0.717) is 17.1 Å². The van der Waals surface area contributed by atoms with Crippen molar-refractivity contribution >= 4 is 17.3 Å². The molecule has 2 rings (SSSR count). The van der Waals surface area contributed by atoms with Crippen LogP contribution in [-0.2, 0) is 12.1 Å². The van der Waals surface area contributed by atoms with Crippen LogP contribution in [0.1, 0.15) is 30.5 Å². The van der Waals surface area contributed by atoms with Crippen LogP contribution in [-0.4, -0.2) is 4.92 Å². The van der Waals surface area contributed by atoms with Crippen LogP contribution in [0.25, 0.3) is 0 Å². The molecule has 1 N–H and O–H groups in total. The number of rotatable bonds is 5. The molecule has 0 unspecified atom stereocenters. The van der Waals surface area contributed by atoms with Crippen molar-refractivity contribution in [1.29, 1.82) is 0 Å². The lowest BCUT2D eigenvalue weighted by molar-refractivity contribution is -0.385. The highest BCUT2D eigenvalue weighted by Gasteiger charge is 2.23. The molecular formula is C17H18ClFN2O2. The van der Waals surface area contributed by atoms with Gasteiger partial charge in [0.05, 0.1) is 4.92 Å². The second kappa shape index (κ2) is 6.64. The van der Waals surface area contributed by atoms with Gasteiger partial charge >= 0.3 is 0 Å². The summed E-state index contributed by atoms with van der Waals surface area (Å²) in [5, 5.41) is 14.7. The standard InChI is InChI=1S/C17H18ClFN2O2/c1-11-12(5-4-6-16(11)21(22)23)10-20-17(2,3)14-8-7-13(19)9-15(14)18/h4-9,20H,10H2,1-3H3. The summed E-state index contributed by atoms with van der Waals surface area (Å²) in [4.78, 5) is 10.6. The zero-order valence-electron chi connectivity index (χ0n) is 13.2. The number of hydrogen-bond acceptors (Lipinski definition) is 3. The highest BCUT2D eigenvalue weighted by Crippen LogP contribution is 2.29. The minimum atomic E-state index is -0.512. The minimum Gasteiger partial charge on any atom is -0.304 e. The Morgan fingerprint density at radius 1 is 1.30 bits per heavy atom. The normalized spacial score (nSPS) is 11.5. The molecule has 0 aliphatic carbocycles. The molecule has 0 bridgehead atoms. The van der Waals surface area contributed by atoms with Crippen molar-refractivity contribution < 1.29 is 9.31 Å². The molecule has 6 heteroatoms. The molecule has 23 heavy (non-hydrogen) atoms. The fourth-order valence-corrected chi connectivity index (χ4v) is 2.87. The third-order valence-corrected chi connectivity index (χ3v) is 4.25. The highest BCUT2D eigenvalue weighted by atomic mass is 35.5. The zero-order chi connectivity index (χ0) is 17.2. The van der Waals surface area contributed by atoms with Gasteiger partial charge in [-0.2, -0.15) is 0 Å². The van der Waals surface area contributed by atoms with Gasteiger partial charge in [0.2, 0.25) is 0 Å². The topological polar surface area (TPSA) is 55.2 Å². The fraction of sp³-hybridized carbons (Fsp3) is 0.294. The van der Waals surface area contributed by atoms with E-state index >= 15 is 0 Å². The predicted octanol–water partition coefficient (Wildman–Crippen LogP) is 4.72. The third-order valence-electron chi connectivity index (χ3n) is 3.94. The zero-order valence-corrected chi connectivity index (χ0v) is 13.9. The quantitative estimate of drug-likeness (QED) is 0.635. The maximum absolute atomic E-state index is 13.2. The van der Waals surface area contributed by atoms with Gasteiger partial charge in [-0.3, -0.25) is 10.1 Å². The van der Waals surface area contributed by atoms with Crippen LogP contribution in [0, 0.1) is 22.9 Å². The van der Waals surface area contributed by atoms with E-state index in [1.807, 2.05) is 19.9 Å². The lowest BCUT2D eigenvalue weighted by atomic mass is 9.93. The van der Waals surface area contributed by atoms with Crippen molar-refractivity contribution in [1.82, 2.24) is 5.32 Å². The fourth-order valence-electron chi connectivity index (χ4n) is 2.47. The number of benzene rings is 2. The van der Waals surface area contributed by atoms with E-state index in [9.17, 15) is 14.5 Å². The maximum atomic E-state index is 13.2. The summed E-state index contributed by atoms with van der Waals surface area (Å²) >= 11 is 6.12. The van der Waals surface area contributed by atoms with Gasteiger partial charge in [0.25, 0.3) is 5.69 Å². The van der Waals surface area contributed by atoms with E-state index < -0.39 is 5.54 Å². The molecule has 0 heterocycles. The smallest absolute Gasteiger partial charge is 0.272 e. The summed E-state index contributed by atoms with van der Waals surface area (Å²) in [6.07, 6.45) is 0. The molecule has 2 aromatic rings. The Labute approximate surface area is 139 Å². The van der Waals surface area contributed by atoms with Gasteiger partial charge in [-0.1, -0.05) is 29.8 Å². The van der Waals surface area contributed by atoms with Crippen LogP contribution >= 0.6 is 11.6 Å². The Morgan fingerprint density at radius 3 is 2.61 bits per heavy atom. The van der Waals surface area contributed by atoms with E-state index in [1.54, 1.807) is 19.1 Å². The van der Waals surface area contributed by atoms with E-state index in [4.69, 9.17) is 11.6 Å². The number of hydrogen-bond donors (Lipinski definition) is 1. The van der Waals surface area contributed by atoms with Crippen molar-refractivity contribution in [3.05, 3.63) is 74.0 Å². The van der Waals surface area contributed by atoms with Crippen LogP contribution in [0.2, 0.25) is 5.02 Å². The van der Waals surface area contributed by atoms with Gasteiger partial charge in [-0.15, -0.1) is 0 Å². The first kappa shape index (κ1) is 17.4. The van der Waals surface area contributed by atoms with Gasteiger partial charge < -0.3 is 5.32 Å². The first-order valence-corrected chi connectivity index (χ1v) is 7.53. The van der Waals surface area contributed by atoms with Gasteiger partial charge in [-0.05, 0) is 44.0 Å². The van der Waals surface area contributed by atoms with Crippen LogP contribution in [0.4, 0.5) is 10.1 Å². The second-order valence-corrected chi connectivity index (χ2v) is 6.33. The number of nitro benzene ring substituents is 1. The third kappa shape index (κ3) is 3.86. The SMILES string of the molecule is Cc1c(CNC(C)(C)c2ccc(F)cc2Cl)cccc1[N+](=O)[O-]. The van der Waals surface area contributed by atoms with E-state index in [2.05, 4.69) is 5.32 Å². The Balaban J connectivity index is 2.22. The number of halogens is 2. The van der Waals surface area contributed by atoms with Crippen LogP contribution in [0.15, 0.2) is 36.4 Å². The Hall–Kier alpha value is -1.98. The first-order valence-electron chi connectivity index (χ1n) is 7.16. The molecule has 0 radical (unpaired) electrons. The molecular weight excluding hydrogens is 319 g/mol. The number of nitrogens with one attached hydrogen (secondary N) is 1. The molecule has 122 valence electrons. The summed E-state index contributed by atoms with van der Waals surface area (Å²) in [6, 6.07) is 9.28. The number of nitro groups is 1. The maximum Gasteiger partial charge on any atom is 0.272 e. The molecule has 2 aromatic carbocycles. The summed E-state index contributed by atoms with van der Waals surface area (Å²) in [6.45, 7) is 6.03. The van der Waals surface area contributed by atoms with Crippen LogP contribution < -0.4 is 5.32 Å². The van der Waals surface area contributed by atoms with E-state index in [-0.39, 0.29) is 16.4 Å². The van der Waals surface area contributed by atoms with Gasteiger partial charge in [0.1, 0.15) is 5.82 Å². The predicted molar refractivity (Wildman–Crippen MR) is 89.1 cm³/mol. The van der Waals surface area contributed by atoms with Crippen molar-refractivity contribution in [2.75, 3.05) is 0 Å². The van der Waals surface area contributed by atoms with Crippen molar-refractivity contribution in [3.8, 4) is 0 Å². The summed E-state index contributed by atoms with van der Waals surface area (Å²) in [5.74, 6) is -0.385. The average Bonchev–Trinajstić information content (AvgIpc) is 2.45. The Bertz CT molecular complexity index is 747. The summed E-state index contributed by atoms with van der Waals surface area (Å²) < 4.78 is 13.2. The van der Waals surface area contributed by atoms with Crippen molar-refractivity contribution in [2.24, 2.45) is 0 Å². The molecule has 0 saturated heterocycles. The van der Waals surface area contributed by atoms with Gasteiger partial charge in [0, 0.05) is 28.7 Å². The molecule has 0 aliphatic heterocycles. The Morgan fingerprint density at radius 2 is 2.00 bits per heavy atom. The van der Waals surface area contributed by atoms with Crippen LogP contribution in [0.3, 0.4) is 0 Å². The average molecular weight is 337 g/mol. The molecule has 0 spiro atoms. The lowest BCUT2D eigenvalue weighted by Crippen LogP contribution is -2.36. The second-order valence-electron chi connectivity index (χ2n) is 5.92. The molecule has 4 nitrogen and oxygen atoms in total. The largest absolute Gasteiger partial charge is 0.304 e. The van der Waals surface area contributed by atoms with E-state index in [0.717, 1.165) is 11.1 Å². The Kier molecular flexibility index (Phi) is 5.02. The van der Waals surface area contributed by atoms with Crippen molar-refractivity contribution in [3.63, 3.8) is 0 Å². The molecule has 0 aliphatic rings. The lowest BCUT2D eigenvalue weighted by Gasteiger charge is -2.28. The highest BCUT2D eigenvalue weighted by molar-refractivity contribution is 6.31. The van der Waals surface area contributed by atoms with Crippen LogP contribution in [0.5, 0.6) is 0 Å². The van der Waals surface area contributed by atoms with Gasteiger partial charge in [0.15, 0.2) is 0 Å². The monoisotopic (exact) mass is 336 g/mol. The minimum absolute atomic E-state index is 0.0990. The summed E-state index contributed by atoms with van der Waals surface area (Å²) in [7, 11) is 0. The van der Waals surface area contributed by atoms with Crippen molar-refractivity contribution in [2.45, 2.75) is 32.9 Å². The van der Waals surface area contributed by atoms with E-state index in [1.165, 1.54) is 18.2 Å². The van der Waals surface area contributed by atoms with Gasteiger partial charge in [-0.25, -0.2) is 4.39 Å². The number of nitrogens with zero attached hydrogens (tertiary/aromatic N) is 1. The first-order chi connectivity index (χ1) is 10.7. The molecule has 0 amide bonds. The molecule has 0 aromatic heterocycles. The molecule has 0 atom stereocenters. The molecule has 0 saturated carbocycles. The molecule has 0 fully saturated rings.